The number of benzene rings is 1. The lowest BCUT2D eigenvalue weighted by Gasteiger charge is -2.24. The Morgan fingerprint density at radius 1 is 1.03 bits per heavy atom. The van der Waals surface area contributed by atoms with E-state index in [-0.39, 0.29) is 23.3 Å². The van der Waals surface area contributed by atoms with Crippen LogP contribution in [0.1, 0.15) is 103 Å². The molecule has 3 rings (SSSR count). The van der Waals surface area contributed by atoms with E-state index in [0.29, 0.717) is 12.0 Å². The lowest BCUT2D eigenvalue weighted by atomic mass is 9.95. The molecule has 1 aliphatic carbocycles. The number of amides is 1. The highest BCUT2D eigenvalue weighted by Crippen LogP contribution is 2.30. The van der Waals surface area contributed by atoms with Gasteiger partial charge in [0.25, 0.3) is 0 Å². The lowest BCUT2D eigenvalue weighted by Crippen LogP contribution is -2.40. The molecule has 176 valence electrons. The van der Waals surface area contributed by atoms with Gasteiger partial charge in [0.15, 0.2) is 17.1 Å². The lowest BCUT2D eigenvalue weighted by molar-refractivity contribution is -0.121. The Labute approximate surface area is 196 Å². The van der Waals surface area contributed by atoms with Gasteiger partial charge in [-0.2, -0.15) is 0 Å². The Morgan fingerprint density at radius 2 is 1.69 bits per heavy atom. The van der Waals surface area contributed by atoms with Crippen LogP contribution in [0.4, 0.5) is 0 Å². The van der Waals surface area contributed by atoms with E-state index in [0.717, 1.165) is 29.6 Å². The molecular weight excluding hydrogens is 420 g/mol. The molecule has 0 bridgehead atoms. The van der Waals surface area contributed by atoms with E-state index in [9.17, 15) is 4.79 Å². The van der Waals surface area contributed by atoms with E-state index in [2.05, 4.69) is 59.9 Å². The minimum absolute atomic E-state index is 0.0799. The normalized spacial score (nSPS) is 16.9. The van der Waals surface area contributed by atoms with Crippen LogP contribution in [0, 0.1) is 0 Å². The molecule has 6 nitrogen and oxygen atoms in total. The SMILES string of the molecule is CC(Sc1nnc(C(C)Oc2ccc(C(C)C)cc2)n1C(C)C)C(=O)NC1CCCCC1. The van der Waals surface area contributed by atoms with Crippen LogP contribution in [-0.4, -0.2) is 32.0 Å². The number of nitrogens with zero attached hydrogens (tertiary/aromatic N) is 3. The summed E-state index contributed by atoms with van der Waals surface area (Å²) in [5.41, 5.74) is 1.29. The topological polar surface area (TPSA) is 69.0 Å². The van der Waals surface area contributed by atoms with Crippen molar-refractivity contribution in [3.05, 3.63) is 35.7 Å². The summed E-state index contributed by atoms with van der Waals surface area (Å²) in [5, 5.41) is 12.6. The van der Waals surface area contributed by atoms with Gasteiger partial charge in [-0.15, -0.1) is 10.2 Å². The molecule has 0 aliphatic heterocycles. The molecule has 32 heavy (non-hydrogen) atoms. The summed E-state index contributed by atoms with van der Waals surface area (Å²) >= 11 is 1.47. The first-order chi connectivity index (χ1) is 15.3. The molecule has 0 spiro atoms. The predicted octanol–water partition coefficient (Wildman–Crippen LogP) is 6.05. The fourth-order valence-corrected chi connectivity index (χ4v) is 5.09. The second kappa shape index (κ2) is 11.2. The van der Waals surface area contributed by atoms with Crippen LogP contribution in [0.3, 0.4) is 0 Å². The van der Waals surface area contributed by atoms with Crippen molar-refractivity contribution in [3.63, 3.8) is 0 Å². The highest BCUT2D eigenvalue weighted by atomic mass is 32.2. The molecule has 1 amide bonds. The van der Waals surface area contributed by atoms with Gasteiger partial charge in [0.05, 0.1) is 5.25 Å². The van der Waals surface area contributed by atoms with Crippen LogP contribution in [0.15, 0.2) is 29.4 Å². The quantitative estimate of drug-likeness (QED) is 0.463. The Morgan fingerprint density at radius 3 is 2.28 bits per heavy atom. The number of carbonyl (C=O) groups is 1. The molecule has 7 heteroatoms. The average molecular weight is 459 g/mol. The minimum Gasteiger partial charge on any atom is -0.483 e. The van der Waals surface area contributed by atoms with Crippen molar-refractivity contribution in [2.24, 2.45) is 0 Å². The average Bonchev–Trinajstić information content (AvgIpc) is 3.18. The first-order valence-electron chi connectivity index (χ1n) is 11.9. The molecule has 1 aromatic carbocycles. The molecule has 1 saturated carbocycles. The summed E-state index contributed by atoms with van der Waals surface area (Å²) in [7, 11) is 0. The first kappa shape index (κ1) is 24.6. The van der Waals surface area contributed by atoms with Crippen LogP contribution < -0.4 is 10.1 Å². The zero-order valence-corrected chi connectivity index (χ0v) is 21.1. The number of nitrogens with one attached hydrogen (secondary N) is 1. The van der Waals surface area contributed by atoms with Crippen molar-refractivity contribution in [3.8, 4) is 5.75 Å². The minimum atomic E-state index is -0.254. The molecule has 1 aliphatic rings. The molecule has 2 aromatic rings. The van der Waals surface area contributed by atoms with E-state index in [4.69, 9.17) is 4.74 Å². The van der Waals surface area contributed by atoms with Crippen molar-refractivity contribution in [2.45, 2.75) is 108 Å². The Kier molecular flexibility index (Phi) is 8.63. The standard InChI is InChI=1S/C25H38N4O2S/c1-16(2)20-12-14-22(15-13-20)31-18(5)23-27-28-25(29(23)17(3)4)32-19(6)24(30)26-21-10-8-7-9-11-21/h12-19,21H,7-11H2,1-6H3,(H,26,30). The third kappa shape index (κ3) is 6.27. The van der Waals surface area contributed by atoms with Crippen molar-refractivity contribution in [1.82, 2.24) is 20.1 Å². The number of rotatable bonds is 9. The maximum absolute atomic E-state index is 12.7. The van der Waals surface area contributed by atoms with Crippen LogP contribution in [-0.2, 0) is 4.79 Å². The number of ether oxygens (including phenoxy) is 1. The Balaban J connectivity index is 1.67. The molecule has 0 radical (unpaired) electrons. The fraction of sp³-hybridized carbons (Fsp3) is 0.640. The molecule has 2 unspecified atom stereocenters. The highest BCUT2D eigenvalue weighted by Gasteiger charge is 2.26. The van der Waals surface area contributed by atoms with E-state index >= 15 is 0 Å². The monoisotopic (exact) mass is 458 g/mol. The zero-order chi connectivity index (χ0) is 23.3. The Bertz CT molecular complexity index is 873. The second-order valence-electron chi connectivity index (χ2n) is 9.39. The van der Waals surface area contributed by atoms with E-state index in [1.54, 1.807) is 0 Å². The summed E-state index contributed by atoms with van der Waals surface area (Å²) in [6.07, 6.45) is 5.60. The van der Waals surface area contributed by atoms with Crippen LogP contribution >= 0.6 is 11.8 Å². The smallest absolute Gasteiger partial charge is 0.233 e. The maximum Gasteiger partial charge on any atom is 0.233 e. The molecule has 1 fully saturated rings. The third-order valence-corrected chi connectivity index (χ3v) is 7.09. The van der Waals surface area contributed by atoms with Crippen LogP contribution in [0.2, 0.25) is 0 Å². The first-order valence-corrected chi connectivity index (χ1v) is 12.8. The number of hydrogen-bond acceptors (Lipinski definition) is 5. The molecular formula is C25H38N4O2S. The highest BCUT2D eigenvalue weighted by molar-refractivity contribution is 8.00. The fourth-order valence-electron chi connectivity index (χ4n) is 4.10. The molecule has 1 heterocycles. The number of thioether (sulfide) groups is 1. The molecule has 1 N–H and O–H groups in total. The van der Waals surface area contributed by atoms with Crippen molar-refractivity contribution < 1.29 is 9.53 Å². The second-order valence-corrected chi connectivity index (χ2v) is 10.7. The number of carbonyl (C=O) groups excluding carboxylic acids is 1. The molecule has 0 saturated heterocycles. The van der Waals surface area contributed by atoms with E-state index in [1.165, 1.54) is 36.6 Å². The largest absolute Gasteiger partial charge is 0.483 e. The molecule has 2 atom stereocenters. The summed E-state index contributed by atoms with van der Waals surface area (Å²) in [4.78, 5) is 12.7. The zero-order valence-electron chi connectivity index (χ0n) is 20.3. The summed E-state index contributed by atoms with van der Waals surface area (Å²) in [6.45, 7) is 12.5. The van der Waals surface area contributed by atoms with Gasteiger partial charge < -0.3 is 14.6 Å². The van der Waals surface area contributed by atoms with Crippen molar-refractivity contribution >= 4 is 17.7 Å². The van der Waals surface area contributed by atoms with Gasteiger partial charge >= 0.3 is 0 Å². The summed E-state index contributed by atoms with van der Waals surface area (Å²) in [6, 6.07) is 8.70. The van der Waals surface area contributed by atoms with Gasteiger partial charge in [0, 0.05) is 12.1 Å². The van der Waals surface area contributed by atoms with Crippen molar-refractivity contribution in [2.75, 3.05) is 0 Å². The van der Waals surface area contributed by atoms with E-state index in [1.807, 2.05) is 26.0 Å². The van der Waals surface area contributed by atoms with Crippen LogP contribution in [0.25, 0.3) is 0 Å². The van der Waals surface area contributed by atoms with Crippen molar-refractivity contribution in [1.29, 1.82) is 0 Å². The van der Waals surface area contributed by atoms with Gasteiger partial charge in [0.1, 0.15) is 5.75 Å². The summed E-state index contributed by atoms with van der Waals surface area (Å²) in [5.74, 6) is 2.16. The number of hydrogen-bond donors (Lipinski definition) is 1. The number of aromatic nitrogens is 3. The van der Waals surface area contributed by atoms with Gasteiger partial charge in [-0.1, -0.05) is 57.0 Å². The Hall–Kier alpha value is -2.02. The third-order valence-electron chi connectivity index (χ3n) is 6.03. The van der Waals surface area contributed by atoms with Gasteiger partial charge in [-0.25, -0.2) is 0 Å². The van der Waals surface area contributed by atoms with Gasteiger partial charge in [-0.05, 0) is 64.2 Å². The van der Waals surface area contributed by atoms with E-state index < -0.39 is 0 Å². The molecule has 1 aromatic heterocycles. The summed E-state index contributed by atoms with van der Waals surface area (Å²) < 4.78 is 8.27. The van der Waals surface area contributed by atoms with Gasteiger partial charge in [0.2, 0.25) is 5.91 Å². The van der Waals surface area contributed by atoms with Gasteiger partial charge in [-0.3, -0.25) is 4.79 Å². The maximum atomic E-state index is 12.7. The van der Waals surface area contributed by atoms with Crippen LogP contribution in [0.5, 0.6) is 5.75 Å². The predicted molar refractivity (Wildman–Crippen MR) is 130 cm³/mol.